The van der Waals surface area contributed by atoms with E-state index in [9.17, 15) is 18.0 Å². The van der Waals surface area contributed by atoms with Crippen molar-refractivity contribution >= 4 is 33.9 Å². The minimum absolute atomic E-state index is 0.0305. The first-order valence-corrected chi connectivity index (χ1v) is 11.9. The fraction of sp³-hybridized carbons (Fsp3) is 0.591. The van der Waals surface area contributed by atoms with Crippen molar-refractivity contribution in [3.05, 3.63) is 29.6 Å². The van der Waals surface area contributed by atoms with Crippen molar-refractivity contribution in [3.63, 3.8) is 0 Å². The summed E-state index contributed by atoms with van der Waals surface area (Å²) in [5.74, 6) is -1.59. The Morgan fingerprint density at radius 2 is 2.00 bits per heavy atom. The number of carbonyl (C=O) groups excluding carboxylic acids is 1. The first kappa shape index (κ1) is 26.2. The topological polar surface area (TPSA) is 99.6 Å². The summed E-state index contributed by atoms with van der Waals surface area (Å²) in [5.41, 5.74) is 3.86. The van der Waals surface area contributed by atoms with Crippen molar-refractivity contribution in [2.24, 2.45) is 5.92 Å². The maximum atomic E-state index is 13.0. The molecule has 0 aliphatic carbocycles. The highest BCUT2D eigenvalue weighted by Gasteiger charge is 2.36. The predicted octanol–water partition coefficient (Wildman–Crippen LogP) is 4.94. The number of alkyl halides is 3. The molecule has 0 saturated carbocycles. The molecule has 34 heavy (non-hydrogen) atoms. The summed E-state index contributed by atoms with van der Waals surface area (Å²) in [7, 11) is 0. The summed E-state index contributed by atoms with van der Waals surface area (Å²) >= 11 is 0.642. The van der Waals surface area contributed by atoms with Gasteiger partial charge in [0.25, 0.3) is 0 Å². The molecule has 188 valence electrons. The Morgan fingerprint density at radius 3 is 2.59 bits per heavy atom. The third-order valence-corrected chi connectivity index (χ3v) is 6.26. The first-order valence-electron chi connectivity index (χ1n) is 11.2. The van der Waals surface area contributed by atoms with Crippen molar-refractivity contribution in [2.45, 2.75) is 58.2 Å². The number of aromatic nitrogens is 2. The Balaban J connectivity index is 2.00. The zero-order chi connectivity index (χ0) is 24.9. The van der Waals surface area contributed by atoms with Crippen LogP contribution in [0.2, 0.25) is 0 Å². The number of ether oxygens (including phenoxy) is 1. The lowest BCUT2D eigenvalue weighted by atomic mass is 9.95. The zero-order valence-corrected chi connectivity index (χ0v) is 20.2. The molecule has 12 heteroatoms. The quantitative estimate of drug-likeness (QED) is 0.331. The molecule has 2 heterocycles. The summed E-state index contributed by atoms with van der Waals surface area (Å²) in [6, 6.07) is 5.88. The van der Waals surface area contributed by atoms with E-state index in [4.69, 9.17) is 9.94 Å². The van der Waals surface area contributed by atoms with Gasteiger partial charge in [-0.05, 0) is 42.4 Å². The van der Waals surface area contributed by atoms with E-state index in [1.165, 1.54) is 0 Å². The molecule has 3 N–H and O–H groups in total. The standard InChI is InChI=1S/C22H30F3N5O3S/c1-13(2)12-30(16-6-8-33-9-7-16)18-5-4-15(14(3)10-19(31)28-32)11-17(18)26-21-27-20(29-34-21)22(23,24)25/h4-5,11,13-14,16,32H,6-10,12H2,1-3H3,(H,28,31)(H,26,27,29)/t14-/m1/s1. The van der Waals surface area contributed by atoms with E-state index in [2.05, 4.69) is 33.4 Å². The van der Waals surface area contributed by atoms with Crippen molar-refractivity contribution in [1.29, 1.82) is 0 Å². The van der Waals surface area contributed by atoms with E-state index in [1.807, 2.05) is 25.1 Å². The molecule has 0 spiro atoms. The fourth-order valence-electron chi connectivity index (χ4n) is 3.99. The van der Waals surface area contributed by atoms with Gasteiger partial charge < -0.3 is 15.0 Å². The SMILES string of the molecule is CC(C)CN(c1ccc([C@H](C)CC(=O)NO)cc1Nc1nc(C(F)(F)F)ns1)C1CCOCC1. The second kappa shape index (κ2) is 11.3. The average Bonchev–Trinajstić information content (AvgIpc) is 3.27. The number of anilines is 3. The lowest BCUT2D eigenvalue weighted by molar-refractivity contribution is -0.144. The number of halogens is 3. The van der Waals surface area contributed by atoms with Gasteiger partial charge in [-0.15, -0.1) is 0 Å². The largest absolute Gasteiger partial charge is 0.452 e. The predicted molar refractivity (Wildman–Crippen MR) is 124 cm³/mol. The number of hydrogen-bond donors (Lipinski definition) is 3. The summed E-state index contributed by atoms with van der Waals surface area (Å²) in [6.45, 7) is 8.13. The monoisotopic (exact) mass is 501 g/mol. The van der Waals surface area contributed by atoms with Gasteiger partial charge in [-0.1, -0.05) is 26.8 Å². The van der Waals surface area contributed by atoms with Gasteiger partial charge in [0.1, 0.15) is 0 Å². The van der Waals surface area contributed by atoms with Crippen LogP contribution in [-0.2, 0) is 15.7 Å². The Kier molecular flexibility index (Phi) is 8.72. The highest BCUT2D eigenvalue weighted by atomic mass is 32.1. The van der Waals surface area contributed by atoms with Crippen LogP contribution < -0.4 is 15.7 Å². The average molecular weight is 502 g/mol. The van der Waals surface area contributed by atoms with Crippen molar-refractivity contribution in [3.8, 4) is 0 Å². The van der Waals surface area contributed by atoms with Gasteiger partial charge in [-0.25, -0.2) is 5.48 Å². The van der Waals surface area contributed by atoms with Crippen LogP contribution >= 0.6 is 11.5 Å². The van der Waals surface area contributed by atoms with Crippen LogP contribution in [0.5, 0.6) is 0 Å². The molecule has 1 fully saturated rings. The number of amides is 1. The van der Waals surface area contributed by atoms with Crippen LogP contribution in [0.4, 0.5) is 29.7 Å². The molecule has 1 amide bonds. The normalized spacial score (nSPS) is 15.9. The zero-order valence-electron chi connectivity index (χ0n) is 19.4. The molecule has 8 nitrogen and oxygen atoms in total. The third-order valence-electron chi connectivity index (χ3n) is 5.63. The van der Waals surface area contributed by atoms with E-state index in [-0.39, 0.29) is 23.5 Å². The summed E-state index contributed by atoms with van der Waals surface area (Å²) in [5, 5.41) is 11.9. The van der Waals surface area contributed by atoms with Gasteiger partial charge in [0, 0.05) is 43.8 Å². The van der Waals surface area contributed by atoms with Gasteiger partial charge in [0.15, 0.2) is 0 Å². The number of benzene rings is 1. The molecule has 1 aliphatic heterocycles. The molecule has 0 unspecified atom stereocenters. The Morgan fingerprint density at radius 1 is 1.29 bits per heavy atom. The van der Waals surface area contributed by atoms with E-state index in [0.29, 0.717) is 36.4 Å². The first-order chi connectivity index (χ1) is 16.1. The molecule has 3 rings (SSSR count). The molecule has 0 bridgehead atoms. The maximum Gasteiger partial charge on any atom is 0.452 e. The van der Waals surface area contributed by atoms with E-state index in [0.717, 1.165) is 30.6 Å². The van der Waals surface area contributed by atoms with Gasteiger partial charge >= 0.3 is 6.18 Å². The number of nitrogens with zero attached hydrogens (tertiary/aromatic N) is 3. The maximum absolute atomic E-state index is 13.0. The van der Waals surface area contributed by atoms with Crippen LogP contribution in [0, 0.1) is 5.92 Å². The number of nitrogens with one attached hydrogen (secondary N) is 2. The van der Waals surface area contributed by atoms with E-state index < -0.39 is 17.9 Å². The highest BCUT2D eigenvalue weighted by molar-refractivity contribution is 7.09. The van der Waals surface area contributed by atoms with Crippen molar-refractivity contribution < 1.29 is 27.9 Å². The molecule has 1 saturated heterocycles. The van der Waals surface area contributed by atoms with Crippen molar-refractivity contribution in [2.75, 3.05) is 30.0 Å². The van der Waals surface area contributed by atoms with Crippen LogP contribution in [0.25, 0.3) is 0 Å². The lowest BCUT2D eigenvalue weighted by Crippen LogP contribution is -2.42. The lowest BCUT2D eigenvalue weighted by Gasteiger charge is -2.38. The van der Waals surface area contributed by atoms with Crippen LogP contribution in [0.1, 0.15) is 57.3 Å². The molecule has 0 radical (unpaired) electrons. The number of carbonyl (C=O) groups is 1. The number of hydroxylamine groups is 1. The fourth-order valence-corrected chi connectivity index (χ4v) is 4.59. The van der Waals surface area contributed by atoms with Gasteiger partial charge in [0.2, 0.25) is 16.9 Å². The molecule has 1 aromatic heterocycles. The van der Waals surface area contributed by atoms with Gasteiger partial charge in [-0.2, -0.15) is 22.5 Å². The van der Waals surface area contributed by atoms with Gasteiger partial charge in [0.05, 0.1) is 11.4 Å². The smallest absolute Gasteiger partial charge is 0.381 e. The molecular weight excluding hydrogens is 471 g/mol. The third kappa shape index (κ3) is 6.80. The van der Waals surface area contributed by atoms with E-state index >= 15 is 0 Å². The molecule has 1 atom stereocenters. The summed E-state index contributed by atoms with van der Waals surface area (Å²) in [6.07, 6.45) is -2.88. The Bertz CT molecular complexity index is 964. The van der Waals surface area contributed by atoms with Crippen LogP contribution in [-0.4, -0.2) is 46.3 Å². The van der Waals surface area contributed by atoms with Crippen molar-refractivity contribution in [1.82, 2.24) is 14.8 Å². The Labute approximate surface area is 200 Å². The van der Waals surface area contributed by atoms with Crippen LogP contribution in [0.3, 0.4) is 0 Å². The minimum Gasteiger partial charge on any atom is -0.381 e. The minimum atomic E-state index is -4.63. The van der Waals surface area contributed by atoms with E-state index in [1.54, 1.807) is 5.48 Å². The second-order valence-electron chi connectivity index (χ2n) is 8.85. The summed E-state index contributed by atoms with van der Waals surface area (Å²) < 4.78 is 48.1. The number of rotatable bonds is 9. The molecule has 2 aromatic rings. The second-order valence-corrected chi connectivity index (χ2v) is 9.60. The van der Waals surface area contributed by atoms with Gasteiger partial charge in [-0.3, -0.25) is 10.0 Å². The number of hydrogen-bond acceptors (Lipinski definition) is 8. The Hall–Kier alpha value is -2.44. The van der Waals surface area contributed by atoms with Crippen LogP contribution in [0.15, 0.2) is 18.2 Å². The summed E-state index contributed by atoms with van der Waals surface area (Å²) in [4.78, 5) is 17.5. The molecule has 1 aromatic carbocycles. The molecule has 1 aliphatic rings. The highest BCUT2D eigenvalue weighted by Crippen LogP contribution is 2.37. The molecular formula is C22H30F3N5O3S.